The predicted octanol–water partition coefficient (Wildman–Crippen LogP) is 0.453. The molecular formula is C11H14N2O3S. The van der Waals surface area contributed by atoms with Crippen molar-refractivity contribution in [3.05, 3.63) is 22.4 Å². The summed E-state index contributed by atoms with van der Waals surface area (Å²) in [7, 11) is 2.99. The van der Waals surface area contributed by atoms with E-state index in [4.69, 9.17) is 4.74 Å². The van der Waals surface area contributed by atoms with E-state index in [1.165, 1.54) is 7.11 Å². The van der Waals surface area contributed by atoms with Crippen LogP contribution in [0.5, 0.6) is 0 Å². The summed E-state index contributed by atoms with van der Waals surface area (Å²) in [5.41, 5.74) is 1.67. The van der Waals surface area contributed by atoms with Gasteiger partial charge in [-0.05, 0) is 0 Å². The summed E-state index contributed by atoms with van der Waals surface area (Å²) < 4.78 is 4.74. The fourth-order valence-electron chi connectivity index (χ4n) is 1.91. The number of nitrogens with one attached hydrogen (secondary N) is 1. The van der Waals surface area contributed by atoms with E-state index >= 15 is 0 Å². The Hall–Kier alpha value is -1.43. The molecule has 2 aliphatic rings. The molecule has 1 amide bonds. The molecule has 0 bridgehead atoms. The van der Waals surface area contributed by atoms with Gasteiger partial charge in [-0.3, -0.25) is 4.79 Å². The third-order valence-corrected chi connectivity index (χ3v) is 3.95. The van der Waals surface area contributed by atoms with Crippen LogP contribution in [0.2, 0.25) is 0 Å². The summed E-state index contributed by atoms with van der Waals surface area (Å²) in [6.07, 6.45) is 2.26. The third-order valence-electron chi connectivity index (χ3n) is 2.77. The van der Waals surface area contributed by atoms with Gasteiger partial charge < -0.3 is 15.0 Å². The first-order valence-electron chi connectivity index (χ1n) is 5.31. The molecule has 0 saturated carbocycles. The van der Waals surface area contributed by atoms with Crippen molar-refractivity contribution in [2.24, 2.45) is 0 Å². The van der Waals surface area contributed by atoms with Crippen LogP contribution >= 0.6 is 11.8 Å². The minimum Gasteiger partial charge on any atom is -0.466 e. The maximum absolute atomic E-state index is 11.5. The zero-order valence-electron chi connectivity index (χ0n) is 9.78. The largest absolute Gasteiger partial charge is 0.466 e. The van der Waals surface area contributed by atoms with Gasteiger partial charge in [-0.2, -0.15) is 0 Å². The third kappa shape index (κ3) is 2.17. The highest BCUT2D eigenvalue weighted by atomic mass is 32.2. The van der Waals surface area contributed by atoms with E-state index in [-0.39, 0.29) is 11.9 Å². The highest BCUT2D eigenvalue weighted by molar-refractivity contribution is 8.03. The number of carbonyl (C=O) groups excluding carboxylic acids is 2. The molecule has 0 unspecified atom stereocenters. The van der Waals surface area contributed by atoms with E-state index in [2.05, 4.69) is 5.32 Å². The van der Waals surface area contributed by atoms with E-state index in [0.717, 1.165) is 28.6 Å². The number of likely N-dealkylation sites (N-methyl/N-ethyl adjacent to an activating group) is 1. The molecule has 0 aromatic heterocycles. The predicted molar refractivity (Wildman–Crippen MR) is 65.0 cm³/mol. The molecular weight excluding hydrogens is 240 g/mol. The van der Waals surface area contributed by atoms with Crippen LogP contribution in [-0.4, -0.2) is 43.2 Å². The number of ether oxygens (including phenoxy) is 1. The molecule has 1 N–H and O–H groups in total. The van der Waals surface area contributed by atoms with Crippen LogP contribution in [0.4, 0.5) is 0 Å². The van der Waals surface area contributed by atoms with Gasteiger partial charge in [0.05, 0.1) is 17.7 Å². The van der Waals surface area contributed by atoms with Crippen LogP contribution in [0, 0.1) is 0 Å². The zero-order valence-corrected chi connectivity index (χ0v) is 10.6. The highest BCUT2D eigenvalue weighted by Gasteiger charge is 2.34. The fourth-order valence-corrected chi connectivity index (χ4v) is 3.16. The van der Waals surface area contributed by atoms with Gasteiger partial charge in [0.1, 0.15) is 0 Å². The summed E-state index contributed by atoms with van der Waals surface area (Å²) in [5.74, 6) is 0.341. The molecule has 5 nitrogen and oxygen atoms in total. The second-order valence-electron chi connectivity index (χ2n) is 3.72. The number of carbonyl (C=O) groups is 2. The van der Waals surface area contributed by atoms with E-state index in [1.54, 1.807) is 24.9 Å². The maximum atomic E-state index is 11.5. The van der Waals surface area contributed by atoms with E-state index in [1.807, 2.05) is 4.90 Å². The van der Waals surface area contributed by atoms with Crippen LogP contribution in [-0.2, 0) is 14.3 Å². The van der Waals surface area contributed by atoms with Gasteiger partial charge in [0.2, 0.25) is 5.91 Å². The van der Waals surface area contributed by atoms with Crippen LogP contribution in [0.1, 0.15) is 6.42 Å². The Morgan fingerprint density at radius 1 is 1.53 bits per heavy atom. The monoisotopic (exact) mass is 254 g/mol. The average Bonchev–Trinajstić information content (AvgIpc) is 2.91. The molecule has 1 saturated heterocycles. The molecule has 92 valence electrons. The van der Waals surface area contributed by atoms with Gasteiger partial charge in [-0.25, -0.2) is 4.79 Å². The molecule has 6 heteroatoms. The summed E-state index contributed by atoms with van der Waals surface area (Å²) in [5, 5.41) is 3.49. The minimum atomic E-state index is -0.267. The second kappa shape index (κ2) is 4.83. The Kier molecular flexibility index (Phi) is 3.42. The van der Waals surface area contributed by atoms with Crippen LogP contribution < -0.4 is 5.32 Å². The maximum Gasteiger partial charge on any atom is 0.336 e. The lowest BCUT2D eigenvalue weighted by atomic mass is 10.2. The number of nitrogens with zero attached hydrogens (tertiary/aromatic N) is 1. The molecule has 2 heterocycles. The number of methoxy groups -OCH3 is 1. The SMILES string of the molecule is CNC(=O)C=C1CSC2=C(C(=O)OC)CCN12. The molecule has 2 rings (SSSR count). The lowest BCUT2D eigenvalue weighted by molar-refractivity contribution is -0.136. The molecule has 0 radical (unpaired) electrons. The number of amides is 1. The number of esters is 1. The van der Waals surface area contributed by atoms with Crippen molar-refractivity contribution in [1.29, 1.82) is 0 Å². The van der Waals surface area contributed by atoms with Gasteiger partial charge in [0, 0.05) is 37.5 Å². The first-order chi connectivity index (χ1) is 8.17. The van der Waals surface area contributed by atoms with Crippen molar-refractivity contribution in [3.63, 3.8) is 0 Å². The smallest absolute Gasteiger partial charge is 0.336 e. The van der Waals surface area contributed by atoms with E-state index in [0.29, 0.717) is 6.42 Å². The van der Waals surface area contributed by atoms with Crippen LogP contribution in [0.25, 0.3) is 0 Å². The van der Waals surface area contributed by atoms with Crippen molar-refractivity contribution in [3.8, 4) is 0 Å². The molecule has 0 atom stereocenters. The van der Waals surface area contributed by atoms with Crippen molar-refractivity contribution in [2.75, 3.05) is 26.5 Å². The number of fused-ring (bicyclic) bond motifs is 1. The molecule has 0 aliphatic carbocycles. The first kappa shape index (κ1) is 12.0. The van der Waals surface area contributed by atoms with Crippen molar-refractivity contribution in [1.82, 2.24) is 10.2 Å². The zero-order chi connectivity index (χ0) is 12.4. The normalized spacial score (nSPS) is 20.8. The van der Waals surface area contributed by atoms with Crippen molar-refractivity contribution in [2.45, 2.75) is 6.42 Å². The van der Waals surface area contributed by atoms with Gasteiger partial charge >= 0.3 is 5.97 Å². The Bertz CT molecular complexity index is 428. The number of thioether (sulfide) groups is 1. The summed E-state index contributed by atoms with van der Waals surface area (Å²) in [6.45, 7) is 0.746. The summed E-state index contributed by atoms with van der Waals surface area (Å²) >= 11 is 1.58. The summed E-state index contributed by atoms with van der Waals surface area (Å²) in [4.78, 5) is 24.8. The van der Waals surface area contributed by atoms with E-state index < -0.39 is 0 Å². The lowest BCUT2D eigenvalue weighted by Crippen LogP contribution is -2.19. The fraction of sp³-hybridized carbons (Fsp3) is 0.455. The minimum absolute atomic E-state index is 0.117. The average molecular weight is 254 g/mol. The topological polar surface area (TPSA) is 58.6 Å². The second-order valence-corrected chi connectivity index (χ2v) is 4.68. The molecule has 17 heavy (non-hydrogen) atoms. The standard InChI is InChI=1S/C11H14N2O3S/c1-12-9(14)5-7-6-17-10-8(11(15)16-2)3-4-13(7)10/h5H,3-4,6H2,1-2H3,(H,12,14). The van der Waals surface area contributed by atoms with Crippen molar-refractivity contribution < 1.29 is 14.3 Å². The highest BCUT2D eigenvalue weighted by Crippen LogP contribution is 2.42. The molecule has 0 aromatic rings. The Balaban J connectivity index is 2.22. The number of hydrogen-bond acceptors (Lipinski definition) is 5. The van der Waals surface area contributed by atoms with E-state index in [9.17, 15) is 9.59 Å². The molecule has 0 aromatic carbocycles. The Labute approximate surface area is 104 Å². The first-order valence-corrected chi connectivity index (χ1v) is 6.30. The van der Waals surface area contributed by atoms with Crippen LogP contribution in [0.3, 0.4) is 0 Å². The quantitative estimate of drug-likeness (QED) is 0.573. The molecule has 1 fully saturated rings. The van der Waals surface area contributed by atoms with Gasteiger partial charge in [-0.1, -0.05) is 0 Å². The van der Waals surface area contributed by atoms with Gasteiger partial charge in [0.15, 0.2) is 0 Å². The molecule has 2 aliphatic heterocycles. The number of rotatable bonds is 2. The van der Waals surface area contributed by atoms with Gasteiger partial charge in [0.25, 0.3) is 0 Å². The number of hydrogen-bond donors (Lipinski definition) is 1. The van der Waals surface area contributed by atoms with Gasteiger partial charge in [-0.15, -0.1) is 11.8 Å². The Morgan fingerprint density at radius 2 is 2.29 bits per heavy atom. The molecule has 0 spiro atoms. The summed E-state index contributed by atoms with van der Waals surface area (Å²) in [6, 6.07) is 0. The van der Waals surface area contributed by atoms with Crippen molar-refractivity contribution >= 4 is 23.6 Å². The lowest BCUT2D eigenvalue weighted by Gasteiger charge is -2.14. The Morgan fingerprint density at radius 3 is 2.94 bits per heavy atom. The van der Waals surface area contributed by atoms with Crippen LogP contribution in [0.15, 0.2) is 22.4 Å².